The lowest BCUT2D eigenvalue weighted by molar-refractivity contribution is -0.393. The van der Waals surface area contributed by atoms with Crippen LogP contribution in [0.25, 0.3) is 0 Å². The summed E-state index contributed by atoms with van der Waals surface area (Å²) >= 11 is 5.82. The molecule has 0 bridgehead atoms. The van der Waals surface area contributed by atoms with E-state index in [0.29, 0.717) is 0 Å². The highest BCUT2D eigenvalue weighted by Gasteiger charge is 2.21. The zero-order chi connectivity index (χ0) is 19.4. The van der Waals surface area contributed by atoms with Gasteiger partial charge in [-0.15, -0.1) is 0 Å². The lowest BCUT2D eigenvalue weighted by Crippen LogP contribution is -2.30. The average molecular weight is 382 g/mol. The van der Waals surface area contributed by atoms with Gasteiger partial charge < -0.3 is 0 Å². The number of halogens is 1. The molecule has 0 radical (unpaired) electrons. The molecular weight excluding hydrogens is 374 g/mol. The Kier molecular flexibility index (Phi) is 5.27. The largest absolute Gasteiger partial charge is 0.300 e. The van der Waals surface area contributed by atoms with Gasteiger partial charge in [-0.2, -0.15) is 0 Å². The Bertz CT molecular complexity index is 933. The summed E-state index contributed by atoms with van der Waals surface area (Å²) in [5, 5.41) is 32.4. The number of nitro benzene ring substituents is 3. The smallest absolute Gasteiger partial charge is 0.292 e. The van der Waals surface area contributed by atoms with E-state index in [1.165, 1.54) is 0 Å². The fourth-order valence-corrected chi connectivity index (χ4v) is 2.09. The van der Waals surface area contributed by atoms with Crippen molar-refractivity contribution < 1.29 is 19.6 Å². The van der Waals surface area contributed by atoms with Crippen LogP contribution < -0.4 is 10.9 Å². The summed E-state index contributed by atoms with van der Waals surface area (Å²) in [6.45, 7) is 0. The van der Waals surface area contributed by atoms with E-state index in [1.54, 1.807) is 0 Å². The van der Waals surface area contributed by atoms with Gasteiger partial charge in [-0.3, -0.25) is 46.0 Å². The van der Waals surface area contributed by atoms with Gasteiger partial charge in [-0.05, 0) is 12.1 Å². The summed E-state index contributed by atoms with van der Waals surface area (Å²) < 4.78 is 0. The van der Waals surface area contributed by atoms with Crippen molar-refractivity contribution in [1.82, 2.24) is 5.43 Å². The number of amides is 1. The zero-order valence-electron chi connectivity index (χ0n) is 12.5. The van der Waals surface area contributed by atoms with Crippen molar-refractivity contribution >= 4 is 40.3 Å². The molecule has 0 unspecified atom stereocenters. The first kappa shape index (κ1) is 18.5. The zero-order valence-corrected chi connectivity index (χ0v) is 13.3. The van der Waals surface area contributed by atoms with Crippen molar-refractivity contribution in [3.63, 3.8) is 0 Å². The molecule has 0 aliphatic carbocycles. The minimum atomic E-state index is -0.897. The third-order valence-corrected chi connectivity index (χ3v) is 3.43. The normalized spacial score (nSPS) is 10.0. The first-order valence-electron chi connectivity index (χ1n) is 6.64. The molecule has 134 valence electrons. The molecule has 0 spiro atoms. The number of nitrogens with zero attached hydrogens (tertiary/aromatic N) is 3. The topological polar surface area (TPSA) is 171 Å². The average Bonchev–Trinajstić information content (AvgIpc) is 2.59. The molecule has 0 fully saturated rings. The van der Waals surface area contributed by atoms with Crippen molar-refractivity contribution in [2.75, 3.05) is 5.43 Å². The Morgan fingerprint density at radius 3 is 2.04 bits per heavy atom. The maximum absolute atomic E-state index is 12.1. The molecule has 0 aliphatic heterocycles. The number of carbonyl (C=O) groups is 1. The number of hydrogen-bond acceptors (Lipinski definition) is 8. The Balaban J connectivity index is 2.25. The van der Waals surface area contributed by atoms with E-state index in [0.717, 1.165) is 36.4 Å². The second-order valence-corrected chi connectivity index (χ2v) is 5.12. The third kappa shape index (κ3) is 3.99. The summed E-state index contributed by atoms with van der Waals surface area (Å²) in [4.78, 5) is 42.2. The number of rotatable bonds is 6. The van der Waals surface area contributed by atoms with Crippen LogP contribution in [0.15, 0.2) is 36.4 Å². The van der Waals surface area contributed by atoms with Crippen LogP contribution in [0.5, 0.6) is 0 Å². The molecule has 2 aromatic carbocycles. The van der Waals surface area contributed by atoms with Crippen molar-refractivity contribution in [3.05, 3.63) is 77.3 Å². The number of carbonyl (C=O) groups excluding carboxylic acids is 1. The molecule has 1 amide bonds. The van der Waals surface area contributed by atoms with E-state index in [9.17, 15) is 35.1 Å². The highest BCUT2D eigenvalue weighted by Crippen LogP contribution is 2.28. The molecule has 2 aromatic rings. The van der Waals surface area contributed by atoms with Crippen LogP contribution in [-0.4, -0.2) is 20.7 Å². The van der Waals surface area contributed by atoms with Crippen molar-refractivity contribution in [2.24, 2.45) is 0 Å². The van der Waals surface area contributed by atoms with E-state index in [2.05, 4.69) is 10.9 Å². The van der Waals surface area contributed by atoms with Gasteiger partial charge >= 0.3 is 5.69 Å². The lowest BCUT2D eigenvalue weighted by Gasteiger charge is -2.09. The van der Waals surface area contributed by atoms with Crippen LogP contribution in [0.4, 0.5) is 22.7 Å². The van der Waals surface area contributed by atoms with Crippen LogP contribution >= 0.6 is 11.6 Å². The van der Waals surface area contributed by atoms with Gasteiger partial charge in [-0.25, -0.2) is 0 Å². The molecule has 12 nitrogen and oxygen atoms in total. The second-order valence-electron chi connectivity index (χ2n) is 4.72. The van der Waals surface area contributed by atoms with Crippen LogP contribution in [0.1, 0.15) is 10.4 Å². The Hall–Kier alpha value is -3.80. The summed E-state index contributed by atoms with van der Waals surface area (Å²) in [5.41, 5.74) is 2.35. The molecule has 0 heterocycles. The minimum Gasteiger partial charge on any atom is -0.292 e. The van der Waals surface area contributed by atoms with Crippen molar-refractivity contribution in [2.45, 2.75) is 0 Å². The van der Waals surface area contributed by atoms with Gasteiger partial charge in [0.25, 0.3) is 17.3 Å². The number of nitro groups is 3. The molecule has 2 rings (SSSR count). The molecule has 26 heavy (non-hydrogen) atoms. The molecule has 0 aliphatic rings. The van der Waals surface area contributed by atoms with Gasteiger partial charge in [0.15, 0.2) is 0 Å². The summed E-state index contributed by atoms with van der Waals surface area (Å²) in [6.07, 6.45) is 0. The Morgan fingerprint density at radius 2 is 1.46 bits per heavy atom. The summed E-state index contributed by atoms with van der Waals surface area (Å²) in [7, 11) is 0. The number of anilines is 1. The molecular formula is C13H8ClN5O7. The SMILES string of the molecule is O=C(NNc1ccc([N+](=O)[O-])cc1[N+](=O)[O-])c1cc([N+](=O)[O-])ccc1Cl. The third-order valence-electron chi connectivity index (χ3n) is 3.10. The molecule has 0 saturated heterocycles. The van der Waals surface area contributed by atoms with E-state index < -0.39 is 32.1 Å². The van der Waals surface area contributed by atoms with Crippen molar-refractivity contribution in [1.29, 1.82) is 0 Å². The number of benzene rings is 2. The molecule has 0 atom stereocenters. The molecule has 2 N–H and O–H groups in total. The summed E-state index contributed by atoms with van der Waals surface area (Å²) in [6, 6.07) is 5.95. The first-order valence-corrected chi connectivity index (χ1v) is 7.01. The number of hydrazine groups is 1. The standard InChI is InChI=1S/C13H8ClN5O7/c14-10-3-1-7(17(21)22)5-9(10)13(20)16-15-11-4-2-8(18(23)24)6-12(11)19(25)26/h1-6,15H,(H,16,20). The van der Waals surface area contributed by atoms with Crippen LogP contribution in [0.3, 0.4) is 0 Å². The van der Waals surface area contributed by atoms with E-state index in [-0.39, 0.29) is 22.0 Å². The van der Waals surface area contributed by atoms with Crippen LogP contribution in [0, 0.1) is 30.3 Å². The molecule has 0 aromatic heterocycles. The first-order chi connectivity index (χ1) is 12.2. The quantitative estimate of drug-likeness (QED) is 0.567. The molecule has 0 saturated carbocycles. The second kappa shape index (κ2) is 7.40. The van der Waals surface area contributed by atoms with E-state index >= 15 is 0 Å². The van der Waals surface area contributed by atoms with E-state index in [4.69, 9.17) is 11.6 Å². The monoisotopic (exact) mass is 381 g/mol. The predicted octanol–water partition coefficient (Wildman–Crippen LogP) is 2.82. The highest BCUT2D eigenvalue weighted by molar-refractivity contribution is 6.34. The van der Waals surface area contributed by atoms with Gasteiger partial charge in [0.1, 0.15) is 5.69 Å². The molecule has 13 heteroatoms. The summed E-state index contributed by atoms with van der Waals surface area (Å²) in [5.74, 6) is -0.897. The van der Waals surface area contributed by atoms with Gasteiger partial charge in [0.05, 0.1) is 31.4 Å². The maximum Gasteiger partial charge on any atom is 0.300 e. The number of non-ortho nitro benzene ring substituents is 2. The fraction of sp³-hybridized carbons (Fsp3) is 0. The highest BCUT2D eigenvalue weighted by atomic mass is 35.5. The number of nitrogens with one attached hydrogen (secondary N) is 2. The van der Waals surface area contributed by atoms with Gasteiger partial charge in [0, 0.05) is 18.2 Å². The van der Waals surface area contributed by atoms with Gasteiger partial charge in [0.2, 0.25) is 0 Å². The Morgan fingerprint density at radius 1 is 0.885 bits per heavy atom. The number of hydrogen-bond donors (Lipinski definition) is 2. The lowest BCUT2D eigenvalue weighted by atomic mass is 10.2. The van der Waals surface area contributed by atoms with Gasteiger partial charge in [-0.1, -0.05) is 11.6 Å². The Labute approximate surface area is 148 Å². The fourth-order valence-electron chi connectivity index (χ4n) is 1.88. The van der Waals surface area contributed by atoms with Crippen LogP contribution in [-0.2, 0) is 0 Å². The van der Waals surface area contributed by atoms with E-state index in [1.807, 2.05) is 0 Å². The predicted molar refractivity (Wildman–Crippen MR) is 88.9 cm³/mol. The minimum absolute atomic E-state index is 0.0758. The maximum atomic E-state index is 12.1. The van der Waals surface area contributed by atoms with Crippen LogP contribution in [0.2, 0.25) is 5.02 Å². The van der Waals surface area contributed by atoms with Crippen molar-refractivity contribution in [3.8, 4) is 0 Å².